The highest BCUT2D eigenvalue weighted by Crippen LogP contribution is 2.41. The van der Waals surface area contributed by atoms with E-state index in [0.717, 1.165) is 25.7 Å². The quantitative estimate of drug-likeness (QED) is 0.823. The molecule has 1 aliphatic carbocycles. The lowest BCUT2D eigenvalue weighted by Crippen LogP contribution is -2.55. The lowest BCUT2D eigenvalue weighted by Gasteiger charge is -2.34. The molecule has 0 radical (unpaired) electrons. The third-order valence-electron chi connectivity index (χ3n) is 4.03. The summed E-state index contributed by atoms with van der Waals surface area (Å²) in [6.07, 6.45) is 4.16. The minimum atomic E-state index is -3.78. The molecule has 1 aliphatic heterocycles. The molecule has 3 unspecified atom stereocenters. The molecule has 0 bridgehead atoms. The van der Waals surface area contributed by atoms with Gasteiger partial charge in [0.15, 0.2) is 0 Å². The van der Waals surface area contributed by atoms with Crippen molar-refractivity contribution in [3.63, 3.8) is 0 Å². The Hall–Kier alpha value is -0.660. The molecule has 2 rings (SSSR count). The van der Waals surface area contributed by atoms with Crippen molar-refractivity contribution in [3.8, 4) is 0 Å². The molecule has 2 N–H and O–H groups in total. The summed E-state index contributed by atoms with van der Waals surface area (Å²) in [6, 6.07) is -1.09. The standard InChI is InChI=1S/C13H24N2O4S/c1-13(2,3)14-20(18,19)15-10-7-5-4-6-9(10)8-11(15)12(16)17/h9-11,14H,4-8H2,1-3H3,(H,16,17). The molecule has 0 aromatic rings. The number of carbonyl (C=O) groups is 1. The molecule has 0 aromatic carbocycles. The van der Waals surface area contributed by atoms with Gasteiger partial charge in [0.2, 0.25) is 0 Å². The fraction of sp³-hybridized carbons (Fsp3) is 0.923. The molecule has 1 heterocycles. The van der Waals surface area contributed by atoms with Crippen LogP contribution >= 0.6 is 0 Å². The first-order valence-corrected chi connectivity index (χ1v) is 8.61. The van der Waals surface area contributed by atoms with Gasteiger partial charge >= 0.3 is 5.97 Å². The Morgan fingerprint density at radius 1 is 1.25 bits per heavy atom. The SMILES string of the molecule is CC(C)(C)NS(=O)(=O)N1C(C(=O)O)CC2CCCCC21. The Morgan fingerprint density at radius 3 is 2.40 bits per heavy atom. The summed E-state index contributed by atoms with van der Waals surface area (Å²) in [6.45, 7) is 5.28. The molecule has 0 spiro atoms. The van der Waals surface area contributed by atoms with E-state index in [1.165, 1.54) is 4.31 Å². The number of carboxylic acid groups (broad SMARTS) is 1. The normalized spacial score (nSPS) is 32.0. The van der Waals surface area contributed by atoms with Crippen molar-refractivity contribution in [1.29, 1.82) is 0 Å². The van der Waals surface area contributed by atoms with E-state index in [1.54, 1.807) is 20.8 Å². The second-order valence-electron chi connectivity index (χ2n) is 6.89. The minimum absolute atomic E-state index is 0.162. The van der Waals surface area contributed by atoms with Gasteiger partial charge in [-0.2, -0.15) is 17.4 Å². The van der Waals surface area contributed by atoms with E-state index in [4.69, 9.17) is 0 Å². The third-order valence-corrected chi connectivity index (χ3v) is 5.98. The Labute approximate surface area is 120 Å². The van der Waals surface area contributed by atoms with Crippen LogP contribution in [0.15, 0.2) is 0 Å². The second-order valence-corrected chi connectivity index (χ2v) is 8.46. The van der Waals surface area contributed by atoms with Crippen molar-refractivity contribution in [2.75, 3.05) is 0 Å². The summed E-state index contributed by atoms with van der Waals surface area (Å²) in [5.74, 6) is -0.861. The maximum atomic E-state index is 12.6. The second kappa shape index (κ2) is 5.27. The summed E-state index contributed by atoms with van der Waals surface area (Å²) < 4.78 is 29.0. The van der Waals surface area contributed by atoms with E-state index >= 15 is 0 Å². The van der Waals surface area contributed by atoms with Crippen molar-refractivity contribution in [3.05, 3.63) is 0 Å². The highest BCUT2D eigenvalue weighted by atomic mass is 32.2. The Bertz CT molecular complexity index is 483. The van der Waals surface area contributed by atoms with E-state index in [-0.39, 0.29) is 12.0 Å². The van der Waals surface area contributed by atoms with Crippen LogP contribution in [0.25, 0.3) is 0 Å². The summed E-state index contributed by atoms with van der Waals surface area (Å²) >= 11 is 0. The molecular formula is C13H24N2O4S. The van der Waals surface area contributed by atoms with Crippen LogP contribution < -0.4 is 4.72 Å². The first-order valence-electron chi connectivity index (χ1n) is 7.17. The van der Waals surface area contributed by atoms with Crippen LogP contribution in [0.2, 0.25) is 0 Å². The molecule has 116 valence electrons. The van der Waals surface area contributed by atoms with Crippen LogP contribution in [0.1, 0.15) is 52.9 Å². The fourth-order valence-electron chi connectivity index (χ4n) is 3.41. The number of nitrogens with one attached hydrogen (secondary N) is 1. The maximum Gasteiger partial charge on any atom is 0.322 e. The zero-order chi connectivity index (χ0) is 15.1. The van der Waals surface area contributed by atoms with E-state index in [0.29, 0.717) is 6.42 Å². The van der Waals surface area contributed by atoms with E-state index in [1.807, 2.05) is 0 Å². The van der Waals surface area contributed by atoms with Crippen molar-refractivity contribution in [1.82, 2.24) is 9.03 Å². The van der Waals surface area contributed by atoms with Crippen LogP contribution in [0.5, 0.6) is 0 Å². The van der Waals surface area contributed by atoms with Gasteiger partial charge in [0.05, 0.1) is 0 Å². The smallest absolute Gasteiger partial charge is 0.322 e. The first-order chi connectivity index (χ1) is 9.12. The van der Waals surface area contributed by atoms with Gasteiger partial charge in [-0.1, -0.05) is 12.8 Å². The van der Waals surface area contributed by atoms with Crippen LogP contribution in [-0.2, 0) is 15.0 Å². The van der Waals surface area contributed by atoms with Gasteiger partial charge in [-0.3, -0.25) is 4.79 Å². The number of hydrogen-bond donors (Lipinski definition) is 2. The van der Waals surface area contributed by atoms with Gasteiger partial charge in [0, 0.05) is 11.6 Å². The van der Waals surface area contributed by atoms with Gasteiger partial charge < -0.3 is 5.11 Å². The molecule has 2 fully saturated rings. The number of fused-ring (bicyclic) bond motifs is 1. The highest BCUT2D eigenvalue weighted by Gasteiger charge is 2.51. The van der Waals surface area contributed by atoms with Crippen LogP contribution in [0, 0.1) is 5.92 Å². The van der Waals surface area contributed by atoms with E-state index in [9.17, 15) is 18.3 Å². The lowest BCUT2D eigenvalue weighted by molar-refractivity contribution is -0.141. The maximum absolute atomic E-state index is 12.6. The molecule has 2 aliphatic rings. The van der Waals surface area contributed by atoms with Gasteiger partial charge in [-0.25, -0.2) is 0 Å². The number of carboxylic acids is 1. The predicted octanol–water partition coefficient (Wildman–Crippen LogP) is 1.34. The molecule has 1 saturated heterocycles. The lowest BCUT2D eigenvalue weighted by atomic mass is 9.85. The average Bonchev–Trinajstić information content (AvgIpc) is 2.65. The molecule has 3 atom stereocenters. The monoisotopic (exact) mass is 304 g/mol. The first kappa shape index (κ1) is 15.7. The molecule has 6 nitrogen and oxygen atoms in total. The number of nitrogens with zero attached hydrogens (tertiary/aromatic N) is 1. The van der Waals surface area contributed by atoms with E-state index < -0.39 is 27.8 Å². The van der Waals surface area contributed by atoms with Crippen LogP contribution in [0.4, 0.5) is 0 Å². The molecule has 20 heavy (non-hydrogen) atoms. The van der Waals surface area contributed by atoms with Gasteiger partial charge in [0.25, 0.3) is 10.2 Å². The Balaban J connectivity index is 2.31. The van der Waals surface area contributed by atoms with Gasteiger partial charge in [-0.05, 0) is 46.0 Å². The molecular weight excluding hydrogens is 280 g/mol. The van der Waals surface area contributed by atoms with Crippen molar-refractivity contribution in [2.24, 2.45) is 5.92 Å². The van der Waals surface area contributed by atoms with Crippen LogP contribution in [0.3, 0.4) is 0 Å². The van der Waals surface area contributed by atoms with Gasteiger partial charge in [0.1, 0.15) is 6.04 Å². The summed E-state index contributed by atoms with van der Waals surface area (Å²) in [5.41, 5.74) is -0.616. The molecule has 1 saturated carbocycles. The topological polar surface area (TPSA) is 86.7 Å². The predicted molar refractivity (Wildman–Crippen MR) is 75.4 cm³/mol. The van der Waals surface area contributed by atoms with E-state index in [2.05, 4.69) is 4.72 Å². The molecule has 7 heteroatoms. The van der Waals surface area contributed by atoms with Crippen molar-refractivity contribution >= 4 is 16.2 Å². The Kier molecular flexibility index (Phi) is 4.15. The zero-order valence-electron chi connectivity index (χ0n) is 12.3. The molecule has 0 aromatic heterocycles. The van der Waals surface area contributed by atoms with Crippen molar-refractivity contribution < 1.29 is 18.3 Å². The summed E-state index contributed by atoms with van der Waals surface area (Å²) in [4.78, 5) is 11.4. The largest absolute Gasteiger partial charge is 0.480 e. The van der Waals surface area contributed by atoms with Crippen molar-refractivity contribution in [2.45, 2.75) is 70.5 Å². The fourth-order valence-corrected chi connectivity index (χ4v) is 5.44. The number of aliphatic carboxylic acids is 1. The summed E-state index contributed by atoms with van der Waals surface area (Å²) in [5, 5.41) is 9.36. The molecule has 0 amide bonds. The third kappa shape index (κ3) is 3.15. The minimum Gasteiger partial charge on any atom is -0.480 e. The highest BCUT2D eigenvalue weighted by molar-refractivity contribution is 7.87. The number of hydrogen-bond acceptors (Lipinski definition) is 3. The Morgan fingerprint density at radius 2 is 1.85 bits per heavy atom. The van der Waals surface area contributed by atoms with Crippen LogP contribution in [-0.4, -0.2) is 41.4 Å². The summed E-state index contributed by atoms with van der Waals surface area (Å²) in [7, 11) is -3.78. The number of rotatable bonds is 3. The van der Waals surface area contributed by atoms with Gasteiger partial charge in [-0.15, -0.1) is 0 Å². The zero-order valence-corrected chi connectivity index (χ0v) is 13.1. The average molecular weight is 304 g/mol.